The standard InChI is InChI=1S/C29H30B.Li/c1-23-9-15-27(16-10-23)30(28-17-11-24(2)12-18-28,29-19-13-25(3)14-20-29)22-21-26-7-5-4-6-8-26;/h4-20H,21-22H2,1-3H3;/q-1;+1. The zero-order valence-corrected chi connectivity index (χ0v) is 19.3. The minimum atomic E-state index is -1.08. The second kappa shape index (κ2) is 10.2. The quantitative estimate of drug-likeness (QED) is 0.439. The molecule has 0 aliphatic rings. The minimum Gasteiger partial charge on any atom is -0.200 e. The summed E-state index contributed by atoms with van der Waals surface area (Å²) in [6.07, 6.45) is 1.05. The molecule has 0 spiro atoms. The molecule has 0 radical (unpaired) electrons. The normalized spacial score (nSPS) is 11.1. The molecule has 0 fully saturated rings. The third-order valence-corrected chi connectivity index (χ3v) is 6.65. The van der Waals surface area contributed by atoms with E-state index >= 15 is 0 Å². The molecule has 0 nitrogen and oxygen atoms in total. The van der Waals surface area contributed by atoms with Crippen LogP contribution in [0.2, 0.25) is 6.32 Å². The maximum atomic E-state index is 2.35. The Bertz CT molecular complexity index is 971. The molecular weight excluding hydrogens is 366 g/mol. The molecule has 0 amide bonds. The number of hydrogen-bond donors (Lipinski definition) is 0. The molecule has 0 atom stereocenters. The van der Waals surface area contributed by atoms with Crippen molar-refractivity contribution in [2.75, 3.05) is 0 Å². The van der Waals surface area contributed by atoms with Crippen molar-refractivity contribution in [2.24, 2.45) is 0 Å². The number of benzene rings is 4. The fourth-order valence-electron chi connectivity index (χ4n) is 4.79. The van der Waals surface area contributed by atoms with E-state index in [0.29, 0.717) is 0 Å². The first-order valence-electron chi connectivity index (χ1n) is 11.0. The molecule has 31 heavy (non-hydrogen) atoms. The molecule has 0 bridgehead atoms. The molecule has 0 heterocycles. The van der Waals surface area contributed by atoms with Gasteiger partial charge in [0.2, 0.25) is 0 Å². The van der Waals surface area contributed by atoms with Gasteiger partial charge >= 0.3 is 18.9 Å². The van der Waals surface area contributed by atoms with Crippen LogP contribution in [0.4, 0.5) is 0 Å². The van der Waals surface area contributed by atoms with Gasteiger partial charge in [0.1, 0.15) is 0 Å². The van der Waals surface area contributed by atoms with Crippen LogP contribution in [0.1, 0.15) is 22.3 Å². The van der Waals surface area contributed by atoms with Crippen LogP contribution in [0.25, 0.3) is 0 Å². The van der Waals surface area contributed by atoms with Crippen molar-refractivity contribution in [3.63, 3.8) is 0 Å². The maximum Gasteiger partial charge on any atom is 1.00 e. The van der Waals surface area contributed by atoms with Gasteiger partial charge in [0.15, 0.2) is 0 Å². The first-order valence-corrected chi connectivity index (χ1v) is 11.0. The summed E-state index contributed by atoms with van der Waals surface area (Å²) in [5, 5.41) is 0. The summed E-state index contributed by atoms with van der Waals surface area (Å²) < 4.78 is 0. The van der Waals surface area contributed by atoms with Crippen LogP contribution in [0.3, 0.4) is 0 Å². The second-order valence-electron chi connectivity index (χ2n) is 8.80. The molecular formula is C29H30BLi. The Morgan fingerprint density at radius 3 is 1.19 bits per heavy atom. The molecule has 4 rings (SSSR count). The molecule has 0 N–H and O–H groups in total. The molecule has 0 aromatic heterocycles. The fraction of sp³-hybridized carbons (Fsp3) is 0.172. The Labute approximate surface area is 199 Å². The summed E-state index contributed by atoms with van der Waals surface area (Å²) in [6, 6.07) is 38.5. The zero-order chi connectivity index (χ0) is 21.0. The number of aryl methyl sites for hydroxylation is 4. The van der Waals surface area contributed by atoms with Crippen LogP contribution >= 0.6 is 0 Å². The zero-order valence-electron chi connectivity index (χ0n) is 19.3. The third kappa shape index (κ3) is 5.07. The van der Waals surface area contributed by atoms with Crippen LogP contribution in [0, 0.1) is 20.8 Å². The van der Waals surface area contributed by atoms with Gasteiger partial charge in [0.25, 0.3) is 0 Å². The average molecular weight is 396 g/mol. The summed E-state index contributed by atoms with van der Waals surface area (Å²) in [6.45, 7) is 6.50. The van der Waals surface area contributed by atoms with Crippen molar-refractivity contribution in [3.05, 3.63) is 125 Å². The molecule has 0 aliphatic heterocycles. The molecule has 4 aromatic rings. The fourth-order valence-corrected chi connectivity index (χ4v) is 4.79. The van der Waals surface area contributed by atoms with Crippen molar-refractivity contribution in [3.8, 4) is 0 Å². The largest absolute Gasteiger partial charge is 1.00 e. The van der Waals surface area contributed by atoms with E-state index in [4.69, 9.17) is 0 Å². The van der Waals surface area contributed by atoms with Gasteiger partial charge in [-0.25, -0.2) is 0 Å². The van der Waals surface area contributed by atoms with Gasteiger partial charge < -0.3 is 0 Å². The number of rotatable bonds is 6. The molecule has 0 aliphatic carbocycles. The van der Waals surface area contributed by atoms with Gasteiger partial charge in [-0.3, -0.25) is 0 Å². The van der Waals surface area contributed by atoms with Crippen LogP contribution < -0.4 is 35.2 Å². The van der Waals surface area contributed by atoms with Crippen molar-refractivity contribution in [1.29, 1.82) is 0 Å². The Kier molecular flexibility index (Phi) is 7.66. The Hall–Kier alpha value is -2.46. The van der Waals surface area contributed by atoms with E-state index in [1.807, 2.05) is 0 Å². The molecule has 0 unspecified atom stereocenters. The van der Waals surface area contributed by atoms with E-state index in [-0.39, 0.29) is 18.9 Å². The summed E-state index contributed by atoms with van der Waals surface area (Å²) in [5.74, 6) is 0. The van der Waals surface area contributed by atoms with Gasteiger partial charge in [0.05, 0.1) is 6.15 Å². The van der Waals surface area contributed by atoms with Crippen molar-refractivity contribution < 1.29 is 18.9 Å². The number of hydrogen-bond acceptors (Lipinski definition) is 0. The van der Waals surface area contributed by atoms with Crippen molar-refractivity contribution >= 4 is 22.5 Å². The molecule has 0 saturated heterocycles. The van der Waals surface area contributed by atoms with Crippen LogP contribution in [0.5, 0.6) is 0 Å². The minimum absolute atomic E-state index is 0. The monoisotopic (exact) mass is 396 g/mol. The van der Waals surface area contributed by atoms with E-state index in [1.165, 1.54) is 38.6 Å². The molecule has 0 saturated carbocycles. The molecule has 150 valence electrons. The topological polar surface area (TPSA) is 0 Å². The average Bonchev–Trinajstić information content (AvgIpc) is 2.78. The van der Waals surface area contributed by atoms with Crippen LogP contribution in [0.15, 0.2) is 103 Å². The summed E-state index contributed by atoms with van der Waals surface area (Å²) in [4.78, 5) is 0. The van der Waals surface area contributed by atoms with Gasteiger partial charge in [-0.2, -0.15) is 22.7 Å². The first kappa shape index (κ1) is 23.2. The first-order chi connectivity index (χ1) is 14.6. The summed E-state index contributed by atoms with van der Waals surface area (Å²) in [5.41, 5.74) is 9.57. The Morgan fingerprint density at radius 1 is 0.484 bits per heavy atom. The predicted octanol–water partition coefficient (Wildman–Crippen LogP) is 2.33. The van der Waals surface area contributed by atoms with E-state index in [0.717, 1.165) is 12.7 Å². The van der Waals surface area contributed by atoms with Gasteiger partial charge in [-0.15, -0.1) is 0 Å². The van der Waals surface area contributed by atoms with Crippen molar-refractivity contribution in [2.45, 2.75) is 33.5 Å². The summed E-state index contributed by atoms with van der Waals surface area (Å²) in [7, 11) is 0. The third-order valence-electron chi connectivity index (χ3n) is 6.65. The molecule has 4 aromatic carbocycles. The maximum absolute atomic E-state index is 2.35. The van der Waals surface area contributed by atoms with E-state index in [9.17, 15) is 0 Å². The smallest absolute Gasteiger partial charge is 0.200 e. The SMILES string of the molecule is Cc1ccc([B-](CCc2ccccc2)(c2ccc(C)cc2)c2ccc(C)cc2)cc1.[Li+]. The summed E-state index contributed by atoms with van der Waals surface area (Å²) >= 11 is 0. The van der Waals surface area contributed by atoms with Gasteiger partial charge in [-0.05, 0) is 20.8 Å². The van der Waals surface area contributed by atoms with Gasteiger partial charge in [0, 0.05) is 0 Å². The Balaban J connectivity index is 0.00000272. The van der Waals surface area contributed by atoms with E-state index in [1.54, 1.807) is 0 Å². The van der Waals surface area contributed by atoms with Crippen LogP contribution in [-0.4, -0.2) is 6.15 Å². The van der Waals surface area contributed by atoms with Crippen LogP contribution in [-0.2, 0) is 6.42 Å². The van der Waals surface area contributed by atoms with Gasteiger partial charge in [-0.1, -0.05) is 132 Å². The Morgan fingerprint density at radius 2 is 0.839 bits per heavy atom. The molecule has 2 heteroatoms. The second-order valence-corrected chi connectivity index (χ2v) is 8.80. The predicted molar refractivity (Wildman–Crippen MR) is 133 cm³/mol. The van der Waals surface area contributed by atoms with Crippen molar-refractivity contribution in [1.82, 2.24) is 0 Å². The van der Waals surface area contributed by atoms with E-state index in [2.05, 4.69) is 124 Å². The van der Waals surface area contributed by atoms with E-state index < -0.39 is 6.15 Å².